The van der Waals surface area contributed by atoms with Gasteiger partial charge in [-0.1, -0.05) is 76.2 Å². The molecule has 6 N–H and O–H groups in total. The van der Waals surface area contributed by atoms with Crippen LogP contribution in [0.3, 0.4) is 0 Å². The van der Waals surface area contributed by atoms with Crippen LogP contribution in [-0.2, 0) is 33.6 Å². The molecular weight excluding hydrogens is 973 g/mol. The Hall–Kier alpha value is -8.49. The summed E-state index contributed by atoms with van der Waals surface area (Å²) in [4.78, 5) is 107. The van der Waals surface area contributed by atoms with E-state index in [1.807, 2.05) is 0 Å². The van der Waals surface area contributed by atoms with Crippen LogP contribution >= 0.6 is 0 Å². The summed E-state index contributed by atoms with van der Waals surface area (Å²) in [5.41, 5.74) is 1.10. The third-order valence-electron chi connectivity index (χ3n) is 11.7. The molecule has 0 saturated heterocycles. The van der Waals surface area contributed by atoms with Crippen molar-refractivity contribution in [3.05, 3.63) is 132 Å². The number of ether oxygens (including phenoxy) is 2. The fraction of sp³-hybridized carbons (Fsp3) is 0.302. The Labute approximate surface area is 421 Å². The molecule has 2 unspecified atom stereocenters. The molecule has 74 heavy (non-hydrogen) atoms. The van der Waals surface area contributed by atoms with Crippen molar-refractivity contribution in [1.82, 2.24) is 20.6 Å². The highest BCUT2D eigenvalue weighted by Gasteiger charge is 2.47. The van der Waals surface area contributed by atoms with Gasteiger partial charge in [0.05, 0.1) is 23.1 Å². The normalized spacial score (nSPS) is 13.8. The molecule has 0 saturated carbocycles. The van der Waals surface area contributed by atoms with E-state index in [0.717, 1.165) is 22.9 Å². The minimum atomic E-state index is -2.98. The number of aliphatic carboxylic acids is 2. The van der Waals surface area contributed by atoms with Crippen LogP contribution < -0.4 is 30.7 Å². The van der Waals surface area contributed by atoms with E-state index in [-0.39, 0.29) is 11.6 Å². The van der Waals surface area contributed by atoms with Crippen molar-refractivity contribution < 1.29 is 70.8 Å². The number of rotatable bonds is 26. The van der Waals surface area contributed by atoms with Crippen LogP contribution in [0.15, 0.2) is 109 Å². The largest absolute Gasteiger partial charge is 0.481 e. The topological polar surface area (TPSA) is 252 Å². The third-order valence-corrected chi connectivity index (χ3v) is 11.7. The van der Waals surface area contributed by atoms with E-state index in [0.29, 0.717) is 35.3 Å². The number of benzene rings is 4. The lowest BCUT2D eigenvalue weighted by Crippen LogP contribution is -2.59. The van der Waals surface area contributed by atoms with Crippen LogP contribution in [0.2, 0.25) is 0 Å². The van der Waals surface area contributed by atoms with E-state index in [2.05, 4.69) is 31.2 Å². The molecule has 0 fully saturated rings. The van der Waals surface area contributed by atoms with Gasteiger partial charge < -0.3 is 41.0 Å². The number of carbonyl (C=O) groups is 7. The molecule has 6 atom stereocenters. The van der Waals surface area contributed by atoms with E-state index in [1.165, 1.54) is 0 Å². The average Bonchev–Trinajstić information content (AvgIpc) is 3.36. The smallest absolute Gasteiger partial charge is 0.303 e. The molecule has 17 nitrogen and oxygen atoms in total. The highest BCUT2D eigenvalue weighted by atomic mass is 19.1. The first-order valence-electron chi connectivity index (χ1n) is 23.3. The Balaban J connectivity index is 1.41. The number of anilines is 2. The molecule has 2 heterocycles. The zero-order chi connectivity index (χ0) is 53.8. The molecule has 388 valence electrons. The molecule has 0 aliphatic heterocycles. The number of hydrogen-bond donors (Lipinski definition) is 6. The second-order valence-corrected chi connectivity index (χ2v) is 17.8. The Kier molecular flexibility index (Phi) is 18.3. The number of nitrogens with one attached hydrogen (secondary N) is 4. The number of aromatic nitrogens is 2. The highest BCUT2D eigenvalue weighted by molar-refractivity contribution is 6.19. The maximum absolute atomic E-state index is 15.5. The van der Waals surface area contributed by atoms with Gasteiger partial charge in [0, 0.05) is 23.6 Å². The maximum atomic E-state index is 15.5. The minimum Gasteiger partial charge on any atom is -0.481 e. The van der Waals surface area contributed by atoms with Crippen molar-refractivity contribution >= 4 is 74.5 Å². The maximum Gasteiger partial charge on any atom is 0.303 e. The number of carboxylic acids is 2. The number of Topliss-reactive ketones (excluding diaryl/α,β-unsaturated/α-hetero) is 3. The predicted octanol–water partition coefficient (Wildman–Crippen LogP) is 7.21. The van der Waals surface area contributed by atoms with Gasteiger partial charge in [0.1, 0.15) is 23.7 Å². The first-order valence-corrected chi connectivity index (χ1v) is 23.3. The molecule has 6 rings (SSSR count). The molecule has 4 aromatic carbocycles. The SMILES string of the molecule is CC(C)[C@H](Nc1ccc2ccccc2n1)C(=O)N[C@@H](CCC(=O)O)C(=O)C(Oc1c(F)cccc1F)C(=O)C(Oc1c(F)cccc1F)C(=O)[C@H](CCC(=O)O)NC(=O)[C@@H](Nc1ccc2ccccc2n1)C(C)C. The molecule has 0 aliphatic rings. The number of nitrogens with zero attached hydrogens (tertiary/aromatic N) is 2. The first-order chi connectivity index (χ1) is 35.2. The van der Waals surface area contributed by atoms with Crippen LogP contribution in [0.5, 0.6) is 11.5 Å². The zero-order valence-corrected chi connectivity index (χ0v) is 40.3. The molecular formula is C53H52F4N6O11. The van der Waals surface area contributed by atoms with Crippen molar-refractivity contribution in [3.63, 3.8) is 0 Å². The van der Waals surface area contributed by atoms with Gasteiger partial charge in [0.15, 0.2) is 34.8 Å². The van der Waals surface area contributed by atoms with Crippen LogP contribution in [0.25, 0.3) is 21.8 Å². The number of halogens is 4. The number of pyridine rings is 2. The van der Waals surface area contributed by atoms with Crippen molar-refractivity contribution in [2.24, 2.45) is 11.8 Å². The first kappa shape index (κ1) is 54.8. The van der Waals surface area contributed by atoms with Crippen LogP contribution in [0, 0.1) is 35.1 Å². The number of ketones is 3. The van der Waals surface area contributed by atoms with Crippen molar-refractivity contribution in [2.45, 2.75) is 89.8 Å². The Morgan fingerprint density at radius 2 is 0.838 bits per heavy atom. The fourth-order valence-electron chi connectivity index (χ4n) is 7.75. The van der Waals surface area contributed by atoms with Crippen LogP contribution in [0.4, 0.5) is 29.2 Å². The van der Waals surface area contributed by atoms with Gasteiger partial charge in [-0.3, -0.25) is 33.6 Å². The quantitative estimate of drug-likeness (QED) is 0.0232. The van der Waals surface area contributed by atoms with E-state index in [1.54, 1.807) is 100 Å². The molecule has 0 aliphatic carbocycles. The summed E-state index contributed by atoms with van der Waals surface area (Å²) in [7, 11) is 0. The van der Waals surface area contributed by atoms with Crippen molar-refractivity contribution in [3.8, 4) is 11.5 Å². The third kappa shape index (κ3) is 13.9. The van der Waals surface area contributed by atoms with Gasteiger partial charge in [-0.05, 0) is 85.3 Å². The van der Waals surface area contributed by atoms with Gasteiger partial charge in [-0.15, -0.1) is 0 Å². The van der Waals surface area contributed by atoms with E-state index < -0.39 is 150 Å². The van der Waals surface area contributed by atoms with Crippen LogP contribution in [0.1, 0.15) is 53.4 Å². The molecule has 21 heteroatoms. The summed E-state index contributed by atoms with van der Waals surface area (Å²) in [5.74, 6) is -19.7. The number of hydrogen-bond acceptors (Lipinski definition) is 13. The summed E-state index contributed by atoms with van der Waals surface area (Å²) < 4.78 is 72.9. The van der Waals surface area contributed by atoms with E-state index in [4.69, 9.17) is 9.47 Å². The number of fused-ring (bicyclic) bond motifs is 2. The lowest BCUT2D eigenvalue weighted by molar-refractivity contribution is -0.148. The second-order valence-electron chi connectivity index (χ2n) is 17.8. The van der Waals surface area contributed by atoms with Gasteiger partial charge in [-0.25, -0.2) is 27.5 Å². The standard InChI is InChI=1S/C53H52F4N6O11/c1-27(2)43(62-39-23-19-29-11-5-7-17-35(29)58-39)52(71)60-37(21-25-41(64)65)45(68)50(73-48-31(54)13-9-14-32(48)55)47(70)51(74-49-33(56)15-10-16-34(49)57)46(69)38(22-26-42(66)67)61-53(72)44(28(3)4)63-40-24-20-30-12-6-8-18-36(30)59-40/h5-20,23-24,27-28,37-38,43-44,50-51H,21-22,25-26H2,1-4H3,(H,58,62)(H,59,63)(H,60,71)(H,61,72)(H,64,65)(H,66,67)/t37-,38-,43-,44-,50?,51?/m0/s1. The molecule has 0 spiro atoms. The minimum absolute atomic E-state index is 0.210. The van der Waals surface area contributed by atoms with E-state index >= 15 is 22.4 Å². The monoisotopic (exact) mass is 1020 g/mol. The predicted molar refractivity (Wildman–Crippen MR) is 262 cm³/mol. The lowest BCUT2D eigenvalue weighted by atomic mass is 9.91. The average molecular weight is 1030 g/mol. The van der Waals surface area contributed by atoms with Gasteiger partial charge >= 0.3 is 11.9 Å². The summed E-state index contributed by atoms with van der Waals surface area (Å²) in [6.07, 6.45) is -9.31. The summed E-state index contributed by atoms with van der Waals surface area (Å²) in [5, 5.41) is 31.8. The second kappa shape index (κ2) is 24.8. The molecule has 2 amide bonds. The molecule has 6 aromatic rings. The number of para-hydroxylation sites is 4. The summed E-state index contributed by atoms with van der Waals surface area (Å²) in [6, 6.07) is 18.6. The van der Waals surface area contributed by atoms with Gasteiger partial charge in [0.25, 0.3) is 0 Å². The Morgan fingerprint density at radius 3 is 1.18 bits per heavy atom. The zero-order valence-electron chi connectivity index (χ0n) is 40.3. The van der Waals surface area contributed by atoms with Crippen LogP contribution in [-0.4, -0.2) is 97.7 Å². The lowest BCUT2D eigenvalue weighted by Gasteiger charge is -2.30. The number of carbonyl (C=O) groups excluding carboxylic acids is 5. The summed E-state index contributed by atoms with van der Waals surface area (Å²) in [6.45, 7) is 6.49. The molecule has 2 aromatic heterocycles. The summed E-state index contributed by atoms with van der Waals surface area (Å²) >= 11 is 0. The number of amides is 2. The van der Waals surface area contributed by atoms with Gasteiger partial charge in [0.2, 0.25) is 41.4 Å². The molecule has 0 radical (unpaired) electrons. The fourth-order valence-corrected chi connectivity index (χ4v) is 7.75. The number of carboxylic acid groups (broad SMARTS) is 2. The Morgan fingerprint density at radius 1 is 0.486 bits per heavy atom. The molecule has 0 bridgehead atoms. The highest BCUT2D eigenvalue weighted by Crippen LogP contribution is 2.28. The van der Waals surface area contributed by atoms with Crippen molar-refractivity contribution in [2.75, 3.05) is 10.6 Å². The van der Waals surface area contributed by atoms with Gasteiger partial charge in [-0.2, -0.15) is 0 Å². The van der Waals surface area contributed by atoms with E-state index in [9.17, 15) is 39.0 Å². The van der Waals surface area contributed by atoms with Crippen molar-refractivity contribution in [1.29, 1.82) is 0 Å². The Bertz CT molecular complexity index is 2830.